The van der Waals surface area contributed by atoms with Crippen molar-refractivity contribution in [2.45, 2.75) is 13.5 Å². The highest BCUT2D eigenvalue weighted by molar-refractivity contribution is 6.31. The van der Waals surface area contributed by atoms with Crippen molar-refractivity contribution in [3.63, 3.8) is 0 Å². The molecule has 1 rings (SSSR count). The van der Waals surface area contributed by atoms with Crippen LogP contribution < -0.4 is 10.6 Å². The molecular formula is C15H24ClN3O2. The fourth-order valence-corrected chi connectivity index (χ4v) is 1.81. The minimum Gasteiger partial charge on any atom is -0.382 e. The largest absolute Gasteiger partial charge is 0.382 e. The maximum Gasteiger partial charge on any atom is 0.191 e. The molecule has 0 bridgehead atoms. The summed E-state index contributed by atoms with van der Waals surface area (Å²) >= 11 is 6.12. The molecule has 0 aliphatic carbocycles. The molecule has 5 nitrogen and oxygen atoms in total. The maximum atomic E-state index is 6.12. The Labute approximate surface area is 131 Å². The predicted octanol–water partition coefficient (Wildman–Crippen LogP) is 2.06. The SMILES string of the molecule is CCNC(=NCc1ccccc1Cl)NCCOCCOC. The van der Waals surface area contributed by atoms with Crippen LogP contribution in [0.3, 0.4) is 0 Å². The number of nitrogens with zero attached hydrogens (tertiary/aromatic N) is 1. The number of hydrogen-bond donors (Lipinski definition) is 2. The van der Waals surface area contributed by atoms with E-state index in [2.05, 4.69) is 15.6 Å². The lowest BCUT2D eigenvalue weighted by atomic mass is 10.2. The summed E-state index contributed by atoms with van der Waals surface area (Å²) in [5.74, 6) is 0.757. The van der Waals surface area contributed by atoms with Crippen LogP contribution in [0.25, 0.3) is 0 Å². The van der Waals surface area contributed by atoms with E-state index in [1.165, 1.54) is 0 Å². The molecule has 118 valence electrons. The van der Waals surface area contributed by atoms with E-state index in [-0.39, 0.29) is 0 Å². The van der Waals surface area contributed by atoms with Crippen LogP contribution in [0, 0.1) is 0 Å². The Bertz CT molecular complexity index is 427. The number of aliphatic imine (C=N–C) groups is 1. The first kappa shape index (κ1) is 17.8. The number of methoxy groups -OCH3 is 1. The monoisotopic (exact) mass is 313 g/mol. The summed E-state index contributed by atoms with van der Waals surface area (Å²) in [5, 5.41) is 7.14. The summed E-state index contributed by atoms with van der Waals surface area (Å²) in [6.07, 6.45) is 0. The van der Waals surface area contributed by atoms with E-state index in [1.807, 2.05) is 31.2 Å². The number of benzene rings is 1. The van der Waals surface area contributed by atoms with Gasteiger partial charge in [0.2, 0.25) is 0 Å². The zero-order valence-electron chi connectivity index (χ0n) is 12.7. The van der Waals surface area contributed by atoms with Gasteiger partial charge in [0, 0.05) is 25.2 Å². The lowest BCUT2D eigenvalue weighted by molar-refractivity contribution is 0.0733. The fraction of sp³-hybridized carbons (Fsp3) is 0.533. The van der Waals surface area contributed by atoms with Gasteiger partial charge in [0.15, 0.2) is 5.96 Å². The van der Waals surface area contributed by atoms with E-state index in [0.717, 1.165) is 23.1 Å². The van der Waals surface area contributed by atoms with Gasteiger partial charge in [-0.2, -0.15) is 0 Å². The second-order valence-corrected chi connectivity index (χ2v) is 4.73. The summed E-state index contributed by atoms with van der Waals surface area (Å²) in [4.78, 5) is 4.51. The van der Waals surface area contributed by atoms with Gasteiger partial charge in [-0.3, -0.25) is 0 Å². The van der Waals surface area contributed by atoms with Gasteiger partial charge in [-0.1, -0.05) is 29.8 Å². The molecule has 0 aliphatic heterocycles. The first-order chi connectivity index (χ1) is 10.3. The van der Waals surface area contributed by atoms with E-state index < -0.39 is 0 Å². The molecule has 6 heteroatoms. The Morgan fingerprint density at radius 3 is 2.71 bits per heavy atom. The van der Waals surface area contributed by atoms with Crippen molar-refractivity contribution >= 4 is 17.6 Å². The van der Waals surface area contributed by atoms with Crippen LogP contribution in [0.15, 0.2) is 29.3 Å². The van der Waals surface area contributed by atoms with Crippen molar-refractivity contribution in [1.82, 2.24) is 10.6 Å². The van der Waals surface area contributed by atoms with Gasteiger partial charge in [-0.15, -0.1) is 0 Å². The maximum absolute atomic E-state index is 6.12. The van der Waals surface area contributed by atoms with E-state index in [9.17, 15) is 0 Å². The van der Waals surface area contributed by atoms with Crippen molar-refractivity contribution in [2.24, 2.45) is 4.99 Å². The first-order valence-electron chi connectivity index (χ1n) is 7.10. The summed E-state index contributed by atoms with van der Waals surface area (Å²) in [7, 11) is 1.66. The highest BCUT2D eigenvalue weighted by Gasteiger charge is 2.00. The molecule has 0 radical (unpaired) electrons. The molecule has 0 amide bonds. The van der Waals surface area contributed by atoms with Gasteiger partial charge >= 0.3 is 0 Å². The lowest BCUT2D eigenvalue weighted by Gasteiger charge is -2.11. The second-order valence-electron chi connectivity index (χ2n) is 4.32. The van der Waals surface area contributed by atoms with Crippen molar-refractivity contribution in [3.05, 3.63) is 34.9 Å². The predicted molar refractivity (Wildman–Crippen MR) is 87.0 cm³/mol. The van der Waals surface area contributed by atoms with Crippen LogP contribution in [0.1, 0.15) is 12.5 Å². The van der Waals surface area contributed by atoms with E-state index >= 15 is 0 Å². The van der Waals surface area contributed by atoms with Gasteiger partial charge in [0.25, 0.3) is 0 Å². The van der Waals surface area contributed by atoms with E-state index in [0.29, 0.717) is 32.9 Å². The molecule has 0 saturated heterocycles. The van der Waals surface area contributed by atoms with Crippen molar-refractivity contribution in [3.8, 4) is 0 Å². The van der Waals surface area contributed by atoms with Crippen LogP contribution in [0.5, 0.6) is 0 Å². The Morgan fingerprint density at radius 1 is 1.19 bits per heavy atom. The van der Waals surface area contributed by atoms with Crippen LogP contribution in [0.4, 0.5) is 0 Å². The molecule has 1 aromatic rings. The molecule has 0 aromatic heterocycles. The summed E-state index contributed by atoms with van der Waals surface area (Å²) < 4.78 is 10.3. The Balaban J connectivity index is 2.38. The Hall–Kier alpha value is -1.30. The second kappa shape index (κ2) is 11.4. The van der Waals surface area contributed by atoms with Gasteiger partial charge in [-0.25, -0.2) is 4.99 Å². The number of halogens is 1. The third-order valence-corrected chi connectivity index (χ3v) is 3.05. The van der Waals surface area contributed by atoms with Crippen LogP contribution >= 0.6 is 11.6 Å². The molecule has 1 aromatic carbocycles. The van der Waals surface area contributed by atoms with Crippen LogP contribution in [0.2, 0.25) is 5.02 Å². The number of nitrogens with one attached hydrogen (secondary N) is 2. The molecule has 0 fully saturated rings. The highest BCUT2D eigenvalue weighted by Crippen LogP contribution is 2.15. The van der Waals surface area contributed by atoms with Crippen molar-refractivity contribution in [1.29, 1.82) is 0 Å². The number of hydrogen-bond acceptors (Lipinski definition) is 3. The lowest BCUT2D eigenvalue weighted by Crippen LogP contribution is -2.39. The zero-order chi connectivity index (χ0) is 15.3. The smallest absolute Gasteiger partial charge is 0.191 e. The molecule has 0 aliphatic rings. The molecule has 21 heavy (non-hydrogen) atoms. The average Bonchev–Trinajstić information content (AvgIpc) is 2.49. The highest BCUT2D eigenvalue weighted by atomic mass is 35.5. The molecular weight excluding hydrogens is 290 g/mol. The normalized spacial score (nSPS) is 11.5. The van der Waals surface area contributed by atoms with E-state index in [4.69, 9.17) is 21.1 Å². The average molecular weight is 314 g/mol. The molecule has 0 saturated carbocycles. The van der Waals surface area contributed by atoms with Gasteiger partial charge in [0.05, 0.1) is 26.4 Å². The van der Waals surface area contributed by atoms with Gasteiger partial charge < -0.3 is 20.1 Å². The minimum atomic E-state index is 0.541. The number of rotatable bonds is 9. The van der Waals surface area contributed by atoms with Crippen molar-refractivity contribution in [2.75, 3.05) is 40.0 Å². The number of guanidine groups is 1. The minimum absolute atomic E-state index is 0.541. The summed E-state index contributed by atoms with van der Waals surface area (Å²) in [5.41, 5.74) is 1.01. The summed E-state index contributed by atoms with van der Waals surface area (Å²) in [6.45, 7) is 5.89. The third-order valence-electron chi connectivity index (χ3n) is 2.68. The number of ether oxygens (including phenoxy) is 2. The first-order valence-corrected chi connectivity index (χ1v) is 7.48. The van der Waals surface area contributed by atoms with E-state index in [1.54, 1.807) is 7.11 Å². The quantitative estimate of drug-likeness (QED) is 0.416. The molecule has 0 unspecified atom stereocenters. The van der Waals surface area contributed by atoms with Crippen molar-refractivity contribution < 1.29 is 9.47 Å². The van der Waals surface area contributed by atoms with Crippen LogP contribution in [-0.2, 0) is 16.0 Å². The molecule has 0 atom stereocenters. The molecule has 0 heterocycles. The van der Waals surface area contributed by atoms with Gasteiger partial charge in [-0.05, 0) is 18.6 Å². The fourth-order valence-electron chi connectivity index (χ4n) is 1.62. The zero-order valence-corrected chi connectivity index (χ0v) is 13.4. The third kappa shape index (κ3) is 7.90. The Kier molecular flexibility index (Phi) is 9.61. The van der Waals surface area contributed by atoms with Gasteiger partial charge in [0.1, 0.15) is 0 Å². The standard InChI is InChI=1S/C15H24ClN3O2/c1-3-17-15(18-8-9-21-11-10-20-2)19-12-13-6-4-5-7-14(13)16/h4-7H,3,8-12H2,1-2H3,(H2,17,18,19). The topological polar surface area (TPSA) is 54.9 Å². The Morgan fingerprint density at radius 2 is 2.00 bits per heavy atom. The molecule has 2 N–H and O–H groups in total. The molecule has 0 spiro atoms. The van der Waals surface area contributed by atoms with Crippen LogP contribution in [-0.4, -0.2) is 46.0 Å². The summed E-state index contributed by atoms with van der Waals surface area (Å²) in [6, 6.07) is 7.72.